The Morgan fingerprint density at radius 2 is 2.23 bits per heavy atom. The average molecular weight is 181 g/mol. The Morgan fingerprint density at radius 1 is 1.54 bits per heavy atom. The molecule has 70 valence electrons. The molecule has 0 spiro atoms. The summed E-state index contributed by atoms with van der Waals surface area (Å²) in [6.07, 6.45) is 6.28. The Balaban J connectivity index is 2.57. The number of rotatable bonds is 1. The van der Waals surface area contributed by atoms with Gasteiger partial charge in [-0.1, -0.05) is 0 Å². The number of hydrogen-bond acceptors (Lipinski definition) is 2. The molecule has 0 aromatic rings. The molecule has 0 saturated carbocycles. The summed E-state index contributed by atoms with van der Waals surface area (Å²) in [7, 11) is 0. The number of aliphatic carboxylic acids is 1. The van der Waals surface area contributed by atoms with Crippen molar-refractivity contribution in [3.8, 4) is 12.3 Å². The highest BCUT2D eigenvalue weighted by Gasteiger charge is 2.27. The van der Waals surface area contributed by atoms with Gasteiger partial charge in [-0.3, -0.25) is 9.59 Å². The Kier molecular flexibility index (Phi) is 2.91. The molecule has 1 rings (SSSR count). The number of carboxylic acid groups (broad SMARTS) is 1. The molecule has 0 aromatic carbocycles. The number of nitrogens with zero attached hydrogens (tertiary/aromatic N) is 1. The van der Waals surface area contributed by atoms with E-state index in [1.807, 2.05) is 5.92 Å². The van der Waals surface area contributed by atoms with Crippen LogP contribution in [-0.4, -0.2) is 35.0 Å². The minimum absolute atomic E-state index is 0.248. The number of carbonyl (C=O) groups excluding carboxylic acids is 1. The fourth-order valence-electron chi connectivity index (χ4n) is 1.45. The third-order valence-corrected chi connectivity index (χ3v) is 2.18. The molecule has 4 nitrogen and oxygen atoms in total. The van der Waals surface area contributed by atoms with E-state index < -0.39 is 17.8 Å². The van der Waals surface area contributed by atoms with E-state index in [0.29, 0.717) is 19.4 Å². The average Bonchev–Trinajstić information content (AvgIpc) is 2.17. The van der Waals surface area contributed by atoms with E-state index in [4.69, 9.17) is 11.5 Å². The highest BCUT2D eigenvalue weighted by Crippen LogP contribution is 2.16. The Bertz CT molecular complexity index is 267. The summed E-state index contributed by atoms with van der Waals surface area (Å²) in [5.41, 5.74) is 0. The zero-order chi connectivity index (χ0) is 9.84. The van der Waals surface area contributed by atoms with Crippen molar-refractivity contribution < 1.29 is 14.7 Å². The zero-order valence-electron chi connectivity index (χ0n) is 7.19. The van der Waals surface area contributed by atoms with E-state index in [2.05, 4.69) is 0 Å². The van der Waals surface area contributed by atoms with Gasteiger partial charge in [-0.05, 0) is 18.8 Å². The van der Waals surface area contributed by atoms with Gasteiger partial charge in [-0.25, -0.2) is 0 Å². The van der Waals surface area contributed by atoms with Gasteiger partial charge < -0.3 is 10.0 Å². The molecule has 1 heterocycles. The second-order valence-corrected chi connectivity index (χ2v) is 3.07. The van der Waals surface area contributed by atoms with Gasteiger partial charge in [0.2, 0.25) is 0 Å². The van der Waals surface area contributed by atoms with Crippen LogP contribution in [-0.2, 0) is 9.59 Å². The lowest BCUT2D eigenvalue weighted by molar-refractivity contribution is -0.144. The maximum Gasteiger partial charge on any atom is 0.308 e. The highest BCUT2D eigenvalue weighted by molar-refractivity contribution is 5.93. The van der Waals surface area contributed by atoms with Crippen LogP contribution in [0.15, 0.2) is 0 Å². The summed E-state index contributed by atoms with van der Waals surface area (Å²) in [6, 6.07) is 0. The molecule has 0 aromatic heterocycles. The zero-order valence-corrected chi connectivity index (χ0v) is 7.19. The maximum atomic E-state index is 11.0. The van der Waals surface area contributed by atoms with Crippen LogP contribution in [0.25, 0.3) is 0 Å². The lowest BCUT2D eigenvalue weighted by atomic mass is 9.98. The molecule has 0 unspecified atom stereocenters. The summed E-state index contributed by atoms with van der Waals surface area (Å²) in [5.74, 6) is 0.272. The van der Waals surface area contributed by atoms with E-state index in [0.717, 1.165) is 0 Å². The third-order valence-electron chi connectivity index (χ3n) is 2.18. The van der Waals surface area contributed by atoms with Gasteiger partial charge in [-0.2, -0.15) is 0 Å². The van der Waals surface area contributed by atoms with Crippen LogP contribution < -0.4 is 0 Å². The molecule has 1 atom stereocenters. The van der Waals surface area contributed by atoms with E-state index in [9.17, 15) is 9.59 Å². The molecule has 4 heteroatoms. The predicted molar refractivity (Wildman–Crippen MR) is 45.8 cm³/mol. The molecule has 0 bridgehead atoms. The van der Waals surface area contributed by atoms with E-state index >= 15 is 0 Å². The standard InChI is InChI=1S/C9H11NO3/c1-2-8(11)10-5-3-4-7(6-10)9(12)13/h1,7H,3-6H2,(H,12,13)/t7-/m0/s1. The molecule has 1 amide bonds. The second-order valence-electron chi connectivity index (χ2n) is 3.07. The topological polar surface area (TPSA) is 57.6 Å². The number of amides is 1. The quantitative estimate of drug-likeness (QED) is 0.577. The Hall–Kier alpha value is -1.50. The molecule has 1 N–H and O–H groups in total. The van der Waals surface area contributed by atoms with Crippen LogP contribution in [0.2, 0.25) is 0 Å². The number of carboxylic acids is 1. The minimum Gasteiger partial charge on any atom is -0.481 e. The molecule has 0 radical (unpaired) electrons. The first-order valence-electron chi connectivity index (χ1n) is 4.13. The summed E-state index contributed by atoms with van der Waals surface area (Å²) in [6.45, 7) is 0.825. The largest absolute Gasteiger partial charge is 0.481 e. The highest BCUT2D eigenvalue weighted by atomic mass is 16.4. The van der Waals surface area contributed by atoms with Crippen molar-refractivity contribution in [2.75, 3.05) is 13.1 Å². The number of terminal acetylenes is 1. The summed E-state index contributed by atoms with van der Waals surface area (Å²) in [5, 5.41) is 8.72. The Labute approximate surface area is 76.5 Å². The fourth-order valence-corrected chi connectivity index (χ4v) is 1.45. The molecule has 1 aliphatic heterocycles. The normalized spacial score (nSPS) is 22.1. The van der Waals surface area contributed by atoms with Crippen molar-refractivity contribution in [1.82, 2.24) is 4.90 Å². The van der Waals surface area contributed by atoms with Crippen molar-refractivity contribution >= 4 is 11.9 Å². The number of piperidine rings is 1. The first-order valence-corrected chi connectivity index (χ1v) is 4.13. The van der Waals surface area contributed by atoms with Crippen LogP contribution in [0.5, 0.6) is 0 Å². The van der Waals surface area contributed by atoms with Crippen molar-refractivity contribution in [3.63, 3.8) is 0 Å². The lowest BCUT2D eigenvalue weighted by Gasteiger charge is -2.28. The van der Waals surface area contributed by atoms with E-state index in [-0.39, 0.29) is 6.54 Å². The summed E-state index contributed by atoms with van der Waals surface area (Å²) < 4.78 is 0. The van der Waals surface area contributed by atoms with Crippen LogP contribution >= 0.6 is 0 Å². The van der Waals surface area contributed by atoms with Gasteiger partial charge in [-0.15, -0.1) is 6.42 Å². The van der Waals surface area contributed by atoms with Crippen molar-refractivity contribution in [2.45, 2.75) is 12.8 Å². The van der Waals surface area contributed by atoms with E-state index in [1.54, 1.807) is 0 Å². The van der Waals surface area contributed by atoms with Crippen LogP contribution in [0, 0.1) is 18.3 Å². The molecular formula is C9H11NO3. The summed E-state index contributed by atoms with van der Waals surface area (Å²) >= 11 is 0. The molecule has 1 aliphatic rings. The minimum atomic E-state index is -0.852. The SMILES string of the molecule is C#CC(=O)N1CCC[C@H](C(=O)O)C1. The number of hydrogen-bond donors (Lipinski definition) is 1. The van der Waals surface area contributed by atoms with Crippen molar-refractivity contribution in [3.05, 3.63) is 0 Å². The molecule has 13 heavy (non-hydrogen) atoms. The van der Waals surface area contributed by atoms with Gasteiger partial charge in [0, 0.05) is 13.1 Å². The fraction of sp³-hybridized carbons (Fsp3) is 0.556. The molecule has 1 fully saturated rings. The van der Waals surface area contributed by atoms with Gasteiger partial charge in [0.15, 0.2) is 0 Å². The third kappa shape index (κ3) is 2.22. The van der Waals surface area contributed by atoms with Crippen LogP contribution in [0.3, 0.4) is 0 Å². The first kappa shape index (κ1) is 9.59. The molecule has 1 saturated heterocycles. The van der Waals surface area contributed by atoms with Gasteiger partial charge in [0.05, 0.1) is 5.92 Å². The van der Waals surface area contributed by atoms with Crippen molar-refractivity contribution in [2.24, 2.45) is 5.92 Å². The van der Waals surface area contributed by atoms with E-state index in [1.165, 1.54) is 4.90 Å². The van der Waals surface area contributed by atoms with Crippen LogP contribution in [0.1, 0.15) is 12.8 Å². The van der Waals surface area contributed by atoms with Gasteiger partial charge in [0.1, 0.15) is 0 Å². The molecular weight excluding hydrogens is 170 g/mol. The molecule has 0 aliphatic carbocycles. The second kappa shape index (κ2) is 3.94. The lowest BCUT2D eigenvalue weighted by Crippen LogP contribution is -2.41. The van der Waals surface area contributed by atoms with Gasteiger partial charge >= 0.3 is 5.97 Å². The van der Waals surface area contributed by atoms with Gasteiger partial charge in [0.25, 0.3) is 5.91 Å². The first-order chi connectivity index (χ1) is 6.15. The summed E-state index contributed by atoms with van der Waals surface area (Å²) in [4.78, 5) is 23.1. The predicted octanol–water partition coefficient (Wildman–Crippen LogP) is -0.0572. The monoisotopic (exact) mass is 181 g/mol. The maximum absolute atomic E-state index is 11.0. The van der Waals surface area contributed by atoms with Crippen molar-refractivity contribution in [1.29, 1.82) is 0 Å². The smallest absolute Gasteiger partial charge is 0.308 e. The van der Waals surface area contributed by atoms with Crippen LogP contribution in [0.4, 0.5) is 0 Å². The number of carbonyl (C=O) groups is 2. The number of likely N-dealkylation sites (tertiary alicyclic amines) is 1. The Morgan fingerprint density at radius 3 is 2.77 bits per heavy atom.